The molecule has 0 heterocycles. The van der Waals surface area contributed by atoms with Gasteiger partial charge in [0.2, 0.25) is 0 Å². The minimum atomic E-state index is 0.594. The number of hydrogen-bond acceptors (Lipinski definition) is 3. The summed E-state index contributed by atoms with van der Waals surface area (Å²) in [5, 5.41) is 3.21. The second-order valence-corrected chi connectivity index (χ2v) is 4.01. The predicted molar refractivity (Wildman–Crippen MR) is 74.8 cm³/mol. The molecule has 0 aliphatic carbocycles. The molecule has 2 aromatic carbocycles. The lowest BCUT2D eigenvalue weighted by atomic mass is 10.2. The summed E-state index contributed by atoms with van der Waals surface area (Å²) < 4.78 is 5.70. The molecular formula is C15H18N2O. The lowest BCUT2D eigenvalue weighted by Crippen LogP contribution is -2.12. The van der Waals surface area contributed by atoms with E-state index < -0.39 is 0 Å². The molecule has 0 radical (unpaired) electrons. The van der Waals surface area contributed by atoms with Crippen LogP contribution in [-0.2, 0) is 6.61 Å². The first-order valence-corrected chi connectivity index (χ1v) is 6.09. The van der Waals surface area contributed by atoms with E-state index in [4.69, 9.17) is 10.5 Å². The number of anilines is 1. The van der Waals surface area contributed by atoms with E-state index in [0.29, 0.717) is 13.2 Å². The van der Waals surface area contributed by atoms with Crippen LogP contribution in [0.25, 0.3) is 0 Å². The first-order chi connectivity index (χ1) is 8.88. The summed E-state index contributed by atoms with van der Waals surface area (Å²) in [6, 6.07) is 18.0. The number of rotatable bonds is 6. The zero-order valence-corrected chi connectivity index (χ0v) is 10.3. The Balaban J connectivity index is 1.86. The Kier molecular flexibility index (Phi) is 4.61. The zero-order chi connectivity index (χ0) is 12.6. The molecule has 0 aliphatic heterocycles. The Morgan fingerprint density at radius 3 is 2.33 bits per heavy atom. The molecule has 2 aromatic rings. The minimum Gasteiger partial charge on any atom is -0.489 e. The molecule has 94 valence electrons. The highest BCUT2D eigenvalue weighted by molar-refractivity contribution is 5.46. The van der Waals surface area contributed by atoms with Crippen molar-refractivity contribution in [3.63, 3.8) is 0 Å². The maximum absolute atomic E-state index is 5.70. The van der Waals surface area contributed by atoms with E-state index in [0.717, 1.165) is 18.0 Å². The van der Waals surface area contributed by atoms with Crippen LogP contribution in [-0.4, -0.2) is 13.1 Å². The van der Waals surface area contributed by atoms with E-state index in [9.17, 15) is 0 Å². The molecule has 0 aliphatic rings. The van der Waals surface area contributed by atoms with Crippen molar-refractivity contribution in [1.29, 1.82) is 0 Å². The Morgan fingerprint density at radius 1 is 0.944 bits per heavy atom. The van der Waals surface area contributed by atoms with Crippen molar-refractivity contribution < 1.29 is 4.74 Å². The van der Waals surface area contributed by atoms with Gasteiger partial charge in [-0.25, -0.2) is 0 Å². The quantitative estimate of drug-likeness (QED) is 0.818. The van der Waals surface area contributed by atoms with Crippen molar-refractivity contribution in [2.45, 2.75) is 6.61 Å². The van der Waals surface area contributed by atoms with E-state index in [2.05, 4.69) is 17.4 Å². The summed E-state index contributed by atoms with van der Waals surface area (Å²) in [6.07, 6.45) is 0. The van der Waals surface area contributed by atoms with Crippen LogP contribution in [0.5, 0.6) is 5.75 Å². The summed E-state index contributed by atoms with van der Waals surface area (Å²) in [5.74, 6) is 0.872. The molecule has 3 N–H and O–H groups in total. The van der Waals surface area contributed by atoms with Crippen LogP contribution in [0.15, 0.2) is 54.6 Å². The fourth-order valence-electron chi connectivity index (χ4n) is 1.63. The van der Waals surface area contributed by atoms with Gasteiger partial charge in [-0.1, -0.05) is 30.3 Å². The zero-order valence-electron chi connectivity index (χ0n) is 10.3. The Bertz CT molecular complexity index is 454. The number of nitrogens with two attached hydrogens (primary N) is 1. The molecule has 0 saturated heterocycles. The molecule has 0 unspecified atom stereocenters. The van der Waals surface area contributed by atoms with Gasteiger partial charge in [0.25, 0.3) is 0 Å². The highest BCUT2D eigenvalue weighted by atomic mass is 16.5. The second-order valence-electron chi connectivity index (χ2n) is 4.01. The lowest BCUT2D eigenvalue weighted by Gasteiger charge is -2.08. The molecule has 18 heavy (non-hydrogen) atoms. The van der Waals surface area contributed by atoms with Crippen molar-refractivity contribution in [3.8, 4) is 5.75 Å². The first kappa shape index (κ1) is 12.5. The average Bonchev–Trinajstić information content (AvgIpc) is 2.45. The van der Waals surface area contributed by atoms with Gasteiger partial charge in [-0.2, -0.15) is 0 Å². The summed E-state index contributed by atoms with van der Waals surface area (Å²) in [4.78, 5) is 0. The summed E-state index contributed by atoms with van der Waals surface area (Å²) >= 11 is 0. The standard InChI is InChI=1S/C15H18N2O/c16-10-11-17-14-6-8-15(9-7-14)18-12-13-4-2-1-3-5-13/h1-9,17H,10-12,16H2. The molecule has 0 bridgehead atoms. The molecule has 0 atom stereocenters. The Hall–Kier alpha value is -2.00. The molecule has 0 fully saturated rings. The highest BCUT2D eigenvalue weighted by Crippen LogP contribution is 2.16. The van der Waals surface area contributed by atoms with E-state index in [1.54, 1.807) is 0 Å². The number of nitrogens with one attached hydrogen (secondary N) is 1. The van der Waals surface area contributed by atoms with Gasteiger partial charge in [0.15, 0.2) is 0 Å². The average molecular weight is 242 g/mol. The van der Waals surface area contributed by atoms with Crippen LogP contribution in [0.3, 0.4) is 0 Å². The van der Waals surface area contributed by atoms with Gasteiger partial charge in [-0.05, 0) is 29.8 Å². The van der Waals surface area contributed by atoms with Gasteiger partial charge in [0.1, 0.15) is 12.4 Å². The fourth-order valence-corrected chi connectivity index (χ4v) is 1.63. The maximum atomic E-state index is 5.70. The fraction of sp³-hybridized carbons (Fsp3) is 0.200. The monoisotopic (exact) mass is 242 g/mol. The molecule has 0 amide bonds. The summed E-state index contributed by atoms with van der Waals surface area (Å²) in [7, 11) is 0. The number of benzene rings is 2. The first-order valence-electron chi connectivity index (χ1n) is 6.09. The molecule has 2 rings (SSSR count). The third-order valence-corrected chi connectivity index (χ3v) is 2.58. The summed E-state index contributed by atoms with van der Waals surface area (Å²) in [5.41, 5.74) is 7.66. The maximum Gasteiger partial charge on any atom is 0.119 e. The van der Waals surface area contributed by atoms with Gasteiger partial charge in [0, 0.05) is 18.8 Å². The van der Waals surface area contributed by atoms with Crippen LogP contribution in [0, 0.1) is 0 Å². The van der Waals surface area contributed by atoms with Gasteiger partial charge in [0.05, 0.1) is 0 Å². The second kappa shape index (κ2) is 6.67. The molecule has 0 spiro atoms. The van der Waals surface area contributed by atoms with Crippen molar-refractivity contribution >= 4 is 5.69 Å². The number of hydrogen-bond donors (Lipinski definition) is 2. The molecule has 0 saturated carbocycles. The third-order valence-electron chi connectivity index (χ3n) is 2.58. The van der Waals surface area contributed by atoms with Gasteiger partial charge >= 0.3 is 0 Å². The van der Waals surface area contributed by atoms with Crippen molar-refractivity contribution in [3.05, 3.63) is 60.2 Å². The number of ether oxygens (including phenoxy) is 1. The Labute approximate surface area is 108 Å². The van der Waals surface area contributed by atoms with Gasteiger partial charge in [-0.15, -0.1) is 0 Å². The van der Waals surface area contributed by atoms with Crippen LogP contribution in [0.4, 0.5) is 5.69 Å². The van der Waals surface area contributed by atoms with Gasteiger partial charge < -0.3 is 15.8 Å². The van der Waals surface area contributed by atoms with E-state index >= 15 is 0 Å². The minimum absolute atomic E-state index is 0.594. The largest absolute Gasteiger partial charge is 0.489 e. The third kappa shape index (κ3) is 3.79. The molecule has 3 heteroatoms. The Morgan fingerprint density at radius 2 is 1.67 bits per heavy atom. The van der Waals surface area contributed by atoms with Crippen molar-refractivity contribution in [2.24, 2.45) is 5.73 Å². The summed E-state index contributed by atoms with van der Waals surface area (Å²) in [6.45, 7) is 2.01. The van der Waals surface area contributed by atoms with Crippen molar-refractivity contribution in [2.75, 3.05) is 18.4 Å². The SMILES string of the molecule is NCCNc1ccc(OCc2ccccc2)cc1. The van der Waals surface area contributed by atoms with Crippen LogP contribution >= 0.6 is 0 Å². The van der Waals surface area contributed by atoms with Crippen LogP contribution < -0.4 is 15.8 Å². The smallest absolute Gasteiger partial charge is 0.119 e. The van der Waals surface area contributed by atoms with Crippen LogP contribution in [0.2, 0.25) is 0 Å². The normalized spacial score (nSPS) is 10.1. The predicted octanol–water partition coefficient (Wildman–Crippen LogP) is 2.64. The van der Waals surface area contributed by atoms with E-state index in [1.807, 2.05) is 42.5 Å². The molecule has 0 aromatic heterocycles. The molecular weight excluding hydrogens is 224 g/mol. The lowest BCUT2D eigenvalue weighted by molar-refractivity contribution is 0.306. The van der Waals surface area contributed by atoms with Crippen molar-refractivity contribution in [1.82, 2.24) is 0 Å². The van der Waals surface area contributed by atoms with E-state index in [1.165, 1.54) is 5.56 Å². The highest BCUT2D eigenvalue weighted by Gasteiger charge is 1.96. The van der Waals surface area contributed by atoms with Crippen LogP contribution in [0.1, 0.15) is 5.56 Å². The topological polar surface area (TPSA) is 47.3 Å². The van der Waals surface area contributed by atoms with E-state index in [-0.39, 0.29) is 0 Å². The molecule has 3 nitrogen and oxygen atoms in total. The van der Waals surface area contributed by atoms with Gasteiger partial charge in [-0.3, -0.25) is 0 Å².